The molecule has 0 fully saturated rings. The van der Waals surface area contributed by atoms with Gasteiger partial charge in [0, 0.05) is 24.2 Å². The van der Waals surface area contributed by atoms with Gasteiger partial charge >= 0.3 is 5.97 Å². The number of ether oxygens (including phenoxy) is 2. The lowest BCUT2D eigenvalue weighted by Crippen LogP contribution is -2.31. The van der Waals surface area contributed by atoms with Crippen molar-refractivity contribution < 1.29 is 19.1 Å². The summed E-state index contributed by atoms with van der Waals surface area (Å²) in [6, 6.07) is 10.4. The van der Waals surface area contributed by atoms with E-state index in [9.17, 15) is 9.59 Å². The van der Waals surface area contributed by atoms with Gasteiger partial charge in [0.25, 0.3) is 5.91 Å². The number of hydrogen-bond acceptors (Lipinski definition) is 5. The molecule has 0 aliphatic rings. The quantitative estimate of drug-likeness (QED) is 0.619. The number of aromatic nitrogens is 1. The van der Waals surface area contributed by atoms with E-state index in [1.807, 2.05) is 0 Å². The largest absolute Gasteiger partial charge is 0.497 e. The van der Waals surface area contributed by atoms with E-state index < -0.39 is 12.1 Å². The first-order chi connectivity index (χ1) is 12.1. The first-order valence-electron chi connectivity index (χ1n) is 7.86. The van der Waals surface area contributed by atoms with Crippen LogP contribution < -0.4 is 10.1 Å². The lowest BCUT2D eigenvalue weighted by Gasteiger charge is -2.15. The molecule has 2 aromatic rings. The summed E-state index contributed by atoms with van der Waals surface area (Å²) in [4.78, 5) is 28.1. The standard InChI is InChI=1S/C19H20N2O4/c1-3-17(19(23)21-15-5-7-16(24-2)8-6-15)25-18(22)9-4-14-10-12-20-13-11-14/h4-13,17H,3H2,1-2H3,(H,21,23)/b9-4+. The number of benzene rings is 1. The van der Waals surface area contributed by atoms with E-state index in [4.69, 9.17) is 9.47 Å². The smallest absolute Gasteiger partial charge is 0.331 e. The van der Waals surface area contributed by atoms with Crippen LogP contribution in [0.4, 0.5) is 5.69 Å². The van der Waals surface area contributed by atoms with Crippen LogP contribution >= 0.6 is 0 Å². The molecule has 130 valence electrons. The summed E-state index contributed by atoms with van der Waals surface area (Å²) in [7, 11) is 1.57. The molecule has 0 radical (unpaired) electrons. The Hall–Kier alpha value is -3.15. The van der Waals surface area contributed by atoms with Crippen LogP contribution in [0.1, 0.15) is 18.9 Å². The van der Waals surface area contributed by atoms with E-state index in [2.05, 4.69) is 10.3 Å². The predicted molar refractivity (Wildman–Crippen MR) is 95.1 cm³/mol. The van der Waals surface area contributed by atoms with Gasteiger partial charge < -0.3 is 14.8 Å². The number of carbonyl (C=O) groups excluding carboxylic acids is 2. The van der Waals surface area contributed by atoms with E-state index in [-0.39, 0.29) is 5.91 Å². The Morgan fingerprint density at radius 1 is 1.16 bits per heavy atom. The molecule has 1 aromatic heterocycles. The molecule has 1 N–H and O–H groups in total. The van der Waals surface area contributed by atoms with Gasteiger partial charge in [-0.2, -0.15) is 0 Å². The third-order valence-electron chi connectivity index (χ3n) is 3.40. The molecule has 1 atom stereocenters. The summed E-state index contributed by atoms with van der Waals surface area (Å²) < 4.78 is 10.3. The van der Waals surface area contributed by atoms with Crippen LogP contribution in [0.3, 0.4) is 0 Å². The van der Waals surface area contributed by atoms with Gasteiger partial charge in [0.2, 0.25) is 0 Å². The predicted octanol–water partition coefficient (Wildman–Crippen LogP) is 3.06. The van der Waals surface area contributed by atoms with Crippen molar-refractivity contribution in [2.75, 3.05) is 12.4 Å². The molecule has 1 unspecified atom stereocenters. The van der Waals surface area contributed by atoms with Crippen molar-refractivity contribution in [1.29, 1.82) is 0 Å². The number of pyridine rings is 1. The Balaban J connectivity index is 1.92. The van der Waals surface area contributed by atoms with Crippen LogP contribution in [0, 0.1) is 0 Å². The topological polar surface area (TPSA) is 77.5 Å². The summed E-state index contributed by atoms with van der Waals surface area (Å²) >= 11 is 0. The molecule has 1 amide bonds. The summed E-state index contributed by atoms with van der Waals surface area (Å²) in [5.74, 6) is -0.260. The number of anilines is 1. The van der Waals surface area contributed by atoms with Gasteiger partial charge in [0.05, 0.1) is 7.11 Å². The Morgan fingerprint density at radius 3 is 2.44 bits per heavy atom. The van der Waals surface area contributed by atoms with Crippen LogP contribution in [0.2, 0.25) is 0 Å². The number of esters is 1. The second kappa shape index (κ2) is 9.22. The Morgan fingerprint density at radius 2 is 1.84 bits per heavy atom. The molecule has 6 heteroatoms. The molecule has 0 bridgehead atoms. The van der Waals surface area contributed by atoms with Crippen molar-refractivity contribution in [3.63, 3.8) is 0 Å². The van der Waals surface area contributed by atoms with Crippen molar-refractivity contribution >= 4 is 23.6 Å². The number of carbonyl (C=O) groups is 2. The molecule has 0 saturated carbocycles. The van der Waals surface area contributed by atoms with Crippen molar-refractivity contribution in [2.24, 2.45) is 0 Å². The van der Waals surface area contributed by atoms with E-state index in [1.54, 1.807) is 68.9 Å². The molecule has 0 saturated heterocycles. The zero-order chi connectivity index (χ0) is 18.1. The minimum absolute atomic E-state index is 0.372. The molecule has 0 aliphatic heterocycles. The van der Waals surface area contributed by atoms with Gasteiger partial charge in [0.1, 0.15) is 5.75 Å². The molecule has 6 nitrogen and oxygen atoms in total. The van der Waals surface area contributed by atoms with Crippen molar-refractivity contribution in [3.8, 4) is 5.75 Å². The highest BCUT2D eigenvalue weighted by molar-refractivity contribution is 5.96. The van der Waals surface area contributed by atoms with Gasteiger partial charge in [0.15, 0.2) is 6.10 Å². The Kier molecular flexibility index (Phi) is 6.71. The maximum Gasteiger partial charge on any atom is 0.331 e. The molecule has 1 aromatic carbocycles. The highest BCUT2D eigenvalue weighted by Gasteiger charge is 2.20. The van der Waals surface area contributed by atoms with Crippen LogP contribution in [-0.4, -0.2) is 30.1 Å². The number of rotatable bonds is 7. The van der Waals surface area contributed by atoms with Crippen molar-refractivity contribution in [2.45, 2.75) is 19.4 Å². The van der Waals surface area contributed by atoms with Gasteiger partial charge in [-0.05, 0) is 54.5 Å². The summed E-state index contributed by atoms with van der Waals surface area (Å²) in [5, 5.41) is 2.72. The Bertz CT molecular complexity index is 727. The second-order valence-electron chi connectivity index (χ2n) is 5.17. The zero-order valence-corrected chi connectivity index (χ0v) is 14.1. The average molecular weight is 340 g/mol. The van der Waals surface area contributed by atoms with Crippen molar-refractivity contribution in [3.05, 3.63) is 60.4 Å². The van der Waals surface area contributed by atoms with E-state index >= 15 is 0 Å². The van der Waals surface area contributed by atoms with Gasteiger partial charge in [-0.15, -0.1) is 0 Å². The summed E-state index contributed by atoms with van der Waals surface area (Å²) in [6.07, 6.45) is 5.66. The molecule has 0 spiro atoms. The summed E-state index contributed by atoms with van der Waals surface area (Å²) in [6.45, 7) is 1.78. The van der Waals surface area contributed by atoms with Gasteiger partial charge in [-0.25, -0.2) is 4.79 Å². The first kappa shape index (κ1) is 18.2. The van der Waals surface area contributed by atoms with E-state index in [1.165, 1.54) is 6.08 Å². The molecular formula is C19H20N2O4. The highest BCUT2D eigenvalue weighted by atomic mass is 16.5. The number of amides is 1. The van der Waals surface area contributed by atoms with Gasteiger partial charge in [-0.1, -0.05) is 6.92 Å². The van der Waals surface area contributed by atoms with Crippen LogP contribution in [-0.2, 0) is 14.3 Å². The lowest BCUT2D eigenvalue weighted by atomic mass is 10.2. The maximum absolute atomic E-state index is 12.3. The van der Waals surface area contributed by atoms with E-state index in [0.29, 0.717) is 17.9 Å². The molecule has 25 heavy (non-hydrogen) atoms. The number of nitrogens with one attached hydrogen (secondary N) is 1. The average Bonchev–Trinajstić information content (AvgIpc) is 2.65. The fourth-order valence-corrected chi connectivity index (χ4v) is 2.04. The third kappa shape index (κ3) is 5.76. The van der Waals surface area contributed by atoms with Gasteiger partial charge in [-0.3, -0.25) is 9.78 Å². The SMILES string of the molecule is CCC(OC(=O)/C=C/c1ccncc1)C(=O)Nc1ccc(OC)cc1. The molecule has 1 heterocycles. The fourth-order valence-electron chi connectivity index (χ4n) is 2.04. The third-order valence-corrected chi connectivity index (χ3v) is 3.40. The number of methoxy groups -OCH3 is 1. The van der Waals surface area contributed by atoms with Crippen LogP contribution in [0.5, 0.6) is 5.75 Å². The number of nitrogens with zero attached hydrogens (tertiary/aromatic N) is 1. The zero-order valence-electron chi connectivity index (χ0n) is 14.1. The van der Waals surface area contributed by atoms with Crippen LogP contribution in [0.25, 0.3) is 6.08 Å². The number of hydrogen-bond donors (Lipinski definition) is 1. The maximum atomic E-state index is 12.3. The second-order valence-corrected chi connectivity index (χ2v) is 5.17. The summed E-state index contributed by atoms with van der Waals surface area (Å²) in [5.41, 5.74) is 1.43. The van der Waals surface area contributed by atoms with Crippen LogP contribution in [0.15, 0.2) is 54.9 Å². The Labute approximate surface area is 146 Å². The fraction of sp³-hybridized carbons (Fsp3) is 0.211. The highest BCUT2D eigenvalue weighted by Crippen LogP contribution is 2.16. The lowest BCUT2D eigenvalue weighted by molar-refractivity contribution is -0.149. The normalized spacial score (nSPS) is 11.8. The molecule has 2 rings (SSSR count). The first-order valence-corrected chi connectivity index (χ1v) is 7.86. The minimum atomic E-state index is -0.864. The monoisotopic (exact) mass is 340 g/mol. The molecular weight excluding hydrogens is 320 g/mol. The van der Waals surface area contributed by atoms with Crippen molar-refractivity contribution in [1.82, 2.24) is 4.98 Å². The van der Waals surface area contributed by atoms with E-state index in [0.717, 1.165) is 5.56 Å². The molecule has 0 aliphatic carbocycles. The minimum Gasteiger partial charge on any atom is -0.497 e.